The first-order valence-electron chi connectivity index (χ1n) is 6.34. The molecule has 106 valence electrons. The van der Waals surface area contributed by atoms with Gasteiger partial charge in [0.2, 0.25) is 0 Å². The third-order valence-electron chi connectivity index (χ3n) is 2.95. The molecule has 0 aliphatic carbocycles. The fraction of sp³-hybridized carbons (Fsp3) is 0.267. The first-order valence-corrected chi connectivity index (χ1v) is 7.92. The van der Waals surface area contributed by atoms with E-state index in [1.165, 1.54) is 0 Å². The zero-order valence-electron chi connectivity index (χ0n) is 11.4. The predicted octanol–water partition coefficient (Wildman–Crippen LogP) is 4.31. The van der Waals surface area contributed by atoms with E-state index in [-0.39, 0.29) is 6.04 Å². The van der Waals surface area contributed by atoms with Crippen LogP contribution in [0, 0.1) is 0 Å². The summed E-state index contributed by atoms with van der Waals surface area (Å²) in [6.45, 7) is 2.94. The van der Waals surface area contributed by atoms with Crippen LogP contribution < -0.4 is 10.1 Å². The second kappa shape index (κ2) is 7.20. The van der Waals surface area contributed by atoms with Gasteiger partial charge in [-0.15, -0.1) is 0 Å². The molecule has 0 saturated heterocycles. The number of aromatic nitrogens is 1. The molecule has 1 aromatic heterocycles. The maximum absolute atomic E-state index is 5.30. The number of ether oxygens (including phenoxy) is 1. The summed E-state index contributed by atoms with van der Waals surface area (Å²) in [4.78, 5) is 4.53. The van der Waals surface area contributed by atoms with Crippen LogP contribution in [0.2, 0.25) is 0 Å². The first-order chi connectivity index (χ1) is 9.65. The smallest absolute Gasteiger partial charge is 0.119 e. The molecule has 20 heavy (non-hydrogen) atoms. The van der Waals surface area contributed by atoms with Gasteiger partial charge < -0.3 is 10.1 Å². The van der Waals surface area contributed by atoms with Crippen molar-refractivity contribution in [3.05, 3.63) is 56.7 Å². The Bertz CT molecular complexity index is 590. The third kappa shape index (κ3) is 3.59. The van der Waals surface area contributed by atoms with Crippen LogP contribution in [-0.4, -0.2) is 18.6 Å². The second-order valence-corrected chi connectivity index (χ2v) is 6.06. The van der Waals surface area contributed by atoms with Crippen LogP contribution >= 0.6 is 31.9 Å². The second-order valence-electron chi connectivity index (χ2n) is 4.29. The van der Waals surface area contributed by atoms with E-state index < -0.39 is 0 Å². The van der Waals surface area contributed by atoms with Crippen molar-refractivity contribution in [2.45, 2.75) is 13.0 Å². The predicted molar refractivity (Wildman–Crippen MR) is 88.2 cm³/mol. The number of hydrogen-bond acceptors (Lipinski definition) is 3. The monoisotopic (exact) mass is 398 g/mol. The van der Waals surface area contributed by atoms with Crippen LogP contribution in [0.3, 0.4) is 0 Å². The number of pyridine rings is 1. The van der Waals surface area contributed by atoms with Gasteiger partial charge in [0.15, 0.2) is 0 Å². The van der Waals surface area contributed by atoms with Gasteiger partial charge in [0, 0.05) is 15.1 Å². The maximum Gasteiger partial charge on any atom is 0.119 e. The first kappa shape index (κ1) is 15.5. The lowest BCUT2D eigenvalue weighted by Gasteiger charge is -2.20. The van der Waals surface area contributed by atoms with E-state index in [1.807, 2.05) is 30.5 Å². The number of hydrogen-bond donors (Lipinski definition) is 1. The highest BCUT2D eigenvalue weighted by atomic mass is 79.9. The van der Waals surface area contributed by atoms with Gasteiger partial charge in [0.05, 0.1) is 18.8 Å². The molecule has 1 heterocycles. The van der Waals surface area contributed by atoms with Crippen molar-refractivity contribution in [2.75, 3.05) is 13.7 Å². The zero-order chi connectivity index (χ0) is 14.5. The molecule has 1 aromatic carbocycles. The standard InChI is InChI=1S/C15H16Br2N2O/c1-3-18-14(10-5-4-6-12(7-10)20-2)15-13(17)8-11(16)9-19-15/h4-9,14,18H,3H2,1-2H3. The van der Waals surface area contributed by atoms with E-state index in [4.69, 9.17) is 4.74 Å². The van der Waals surface area contributed by atoms with E-state index >= 15 is 0 Å². The lowest BCUT2D eigenvalue weighted by Crippen LogP contribution is -2.23. The Labute approximate surface area is 136 Å². The summed E-state index contributed by atoms with van der Waals surface area (Å²) >= 11 is 7.02. The van der Waals surface area contributed by atoms with Crippen LogP contribution in [0.15, 0.2) is 45.5 Å². The van der Waals surface area contributed by atoms with Crippen LogP contribution in [0.1, 0.15) is 24.2 Å². The van der Waals surface area contributed by atoms with Gasteiger partial charge >= 0.3 is 0 Å². The molecule has 3 nitrogen and oxygen atoms in total. The number of halogens is 2. The summed E-state index contributed by atoms with van der Waals surface area (Å²) < 4.78 is 7.23. The molecular formula is C15H16Br2N2O. The van der Waals surface area contributed by atoms with E-state index in [1.54, 1.807) is 7.11 Å². The topological polar surface area (TPSA) is 34.1 Å². The van der Waals surface area contributed by atoms with Gasteiger partial charge in [0.1, 0.15) is 5.75 Å². The van der Waals surface area contributed by atoms with Crippen molar-refractivity contribution in [1.29, 1.82) is 0 Å². The molecule has 2 rings (SSSR count). The molecule has 2 aromatic rings. The number of nitrogens with one attached hydrogen (secondary N) is 1. The maximum atomic E-state index is 5.30. The van der Waals surface area contributed by atoms with Crippen molar-refractivity contribution < 1.29 is 4.74 Å². The molecule has 0 fully saturated rings. The summed E-state index contributed by atoms with van der Waals surface area (Å²) in [5, 5.41) is 3.46. The van der Waals surface area contributed by atoms with Gasteiger partial charge in [-0.25, -0.2) is 0 Å². The van der Waals surface area contributed by atoms with Crippen LogP contribution in [0.4, 0.5) is 0 Å². The van der Waals surface area contributed by atoms with Gasteiger partial charge in [-0.1, -0.05) is 19.1 Å². The van der Waals surface area contributed by atoms with E-state index in [2.05, 4.69) is 55.2 Å². The van der Waals surface area contributed by atoms with Gasteiger partial charge in [-0.2, -0.15) is 0 Å². The summed E-state index contributed by atoms with van der Waals surface area (Å²) in [6.07, 6.45) is 1.81. The summed E-state index contributed by atoms with van der Waals surface area (Å²) in [7, 11) is 1.68. The average Bonchev–Trinajstić information content (AvgIpc) is 2.45. The lowest BCUT2D eigenvalue weighted by molar-refractivity contribution is 0.413. The minimum Gasteiger partial charge on any atom is -0.497 e. The fourth-order valence-corrected chi connectivity index (χ4v) is 3.25. The Balaban J connectivity index is 2.44. The Hall–Kier alpha value is -0.910. The Morgan fingerprint density at radius 1 is 1.30 bits per heavy atom. The normalized spacial score (nSPS) is 12.2. The largest absolute Gasteiger partial charge is 0.497 e. The van der Waals surface area contributed by atoms with Crippen molar-refractivity contribution >= 4 is 31.9 Å². The lowest BCUT2D eigenvalue weighted by atomic mass is 10.0. The molecule has 0 amide bonds. The molecule has 5 heteroatoms. The molecule has 1 unspecified atom stereocenters. The van der Waals surface area contributed by atoms with Crippen molar-refractivity contribution in [3.8, 4) is 5.75 Å². The number of rotatable bonds is 5. The van der Waals surface area contributed by atoms with Crippen LogP contribution in [-0.2, 0) is 0 Å². The van der Waals surface area contributed by atoms with Gasteiger partial charge in [-0.3, -0.25) is 4.98 Å². The highest BCUT2D eigenvalue weighted by molar-refractivity contribution is 9.11. The van der Waals surface area contributed by atoms with Crippen LogP contribution in [0.5, 0.6) is 5.75 Å². The van der Waals surface area contributed by atoms with E-state index in [9.17, 15) is 0 Å². The van der Waals surface area contributed by atoms with E-state index in [0.717, 1.165) is 32.5 Å². The molecule has 0 aliphatic rings. The van der Waals surface area contributed by atoms with Crippen LogP contribution in [0.25, 0.3) is 0 Å². The zero-order valence-corrected chi connectivity index (χ0v) is 14.5. The van der Waals surface area contributed by atoms with E-state index in [0.29, 0.717) is 0 Å². The molecular weight excluding hydrogens is 384 g/mol. The number of nitrogens with zero attached hydrogens (tertiary/aromatic N) is 1. The molecule has 0 radical (unpaired) electrons. The summed E-state index contributed by atoms with van der Waals surface area (Å²) in [5.74, 6) is 0.846. The Morgan fingerprint density at radius 3 is 2.75 bits per heavy atom. The Kier molecular flexibility index (Phi) is 5.57. The summed E-state index contributed by atoms with van der Waals surface area (Å²) in [6, 6.07) is 10.1. The minimum absolute atomic E-state index is 0.0255. The molecule has 0 saturated carbocycles. The van der Waals surface area contributed by atoms with Gasteiger partial charge in [-0.05, 0) is 62.2 Å². The van der Waals surface area contributed by atoms with Crippen molar-refractivity contribution in [2.24, 2.45) is 0 Å². The molecule has 1 atom stereocenters. The fourth-order valence-electron chi connectivity index (χ4n) is 2.04. The molecule has 0 spiro atoms. The summed E-state index contributed by atoms with van der Waals surface area (Å²) in [5.41, 5.74) is 2.09. The SMILES string of the molecule is CCNC(c1cccc(OC)c1)c1ncc(Br)cc1Br. The highest BCUT2D eigenvalue weighted by Crippen LogP contribution is 2.30. The Morgan fingerprint density at radius 2 is 2.10 bits per heavy atom. The number of benzene rings is 1. The third-order valence-corrected chi connectivity index (χ3v) is 4.01. The highest BCUT2D eigenvalue weighted by Gasteiger charge is 2.18. The van der Waals surface area contributed by atoms with Gasteiger partial charge in [0.25, 0.3) is 0 Å². The minimum atomic E-state index is 0.0255. The van der Waals surface area contributed by atoms with Crippen molar-refractivity contribution in [1.82, 2.24) is 10.3 Å². The quantitative estimate of drug-likeness (QED) is 0.813. The van der Waals surface area contributed by atoms with Crippen molar-refractivity contribution in [3.63, 3.8) is 0 Å². The number of methoxy groups -OCH3 is 1. The average molecular weight is 400 g/mol. The molecule has 0 bridgehead atoms. The molecule has 0 aliphatic heterocycles. The molecule has 1 N–H and O–H groups in total.